The van der Waals surface area contributed by atoms with Crippen molar-refractivity contribution in [3.63, 3.8) is 0 Å². The van der Waals surface area contributed by atoms with Crippen molar-refractivity contribution >= 4 is 46.7 Å². The van der Waals surface area contributed by atoms with Gasteiger partial charge in [0.25, 0.3) is 5.91 Å². The molecule has 16 heteroatoms. The number of nitrogens with one attached hydrogen (secondary N) is 1. The number of aliphatic hydroxyl groups is 1. The second kappa shape index (κ2) is 14.2. The molecule has 0 radical (unpaired) electrons. The second-order valence-electron chi connectivity index (χ2n) is 9.54. The summed E-state index contributed by atoms with van der Waals surface area (Å²) in [7, 11) is 0. The number of aliphatic hydroxyl groups excluding tert-OH is 1. The lowest BCUT2D eigenvalue weighted by Gasteiger charge is -2.34. The topological polar surface area (TPSA) is 140 Å². The van der Waals surface area contributed by atoms with Gasteiger partial charge in [-0.05, 0) is 37.1 Å². The molecule has 2 aliphatic rings. The minimum Gasteiger partial charge on any atom is -0.480 e. The molecular formula is C26H27Cl2F4N3O7. The van der Waals surface area contributed by atoms with Gasteiger partial charge in [-0.15, -0.1) is 0 Å². The van der Waals surface area contributed by atoms with Crippen molar-refractivity contribution in [2.24, 2.45) is 0 Å². The number of halogens is 6. The number of hydrogen-bond donors (Lipinski definition) is 4. The highest BCUT2D eigenvalue weighted by atomic mass is 35.5. The van der Waals surface area contributed by atoms with Gasteiger partial charge in [0.1, 0.15) is 11.6 Å². The Kier molecular flexibility index (Phi) is 11.2. The molecular weight excluding hydrogens is 613 g/mol. The number of β-amino-alcohol motifs (C(OH)–C–C–N with tert-alkyl or cyclic N) is 1. The Labute approximate surface area is 247 Å². The molecule has 0 bridgehead atoms. The average Bonchev–Trinajstić information content (AvgIpc) is 3.28. The van der Waals surface area contributed by atoms with Crippen molar-refractivity contribution in [2.75, 3.05) is 37.7 Å². The third-order valence-electron chi connectivity index (χ3n) is 6.55. The van der Waals surface area contributed by atoms with Gasteiger partial charge < -0.3 is 35.2 Å². The lowest BCUT2D eigenvalue weighted by atomic mass is 10.0. The van der Waals surface area contributed by atoms with E-state index >= 15 is 0 Å². The molecule has 4 N–H and O–H groups in total. The Hall–Kier alpha value is -3.33. The predicted octanol–water partition coefficient (Wildman–Crippen LogP) is 3.67. The SMILES string of the molecule is O=C(O)C(F)(F)F.O=C(O)COc1cc(Cl)c(F)cc1N1C[C@@H](O)[C@H](NC2CCN(C(=O)c3ccc(Cl)cc3)CC2)C1. The molecule has 2 aliphatic heterocycles. The number of amides is 1. The summed E-state index contributed by atoms with van der Waals surface area (Å²) in [6.07, 6.45) is -4.36. The number of nitrogens with zero attached hydrogens (tertiary/aromatic N) is 2. The smallest absolute Gasteiger partial charge is 0.480 e. The number of carbonyl (C=O) groups is 3. The molecule has 2 fully saturated rings. The summed E-state index contributed by atoms with van der Waals surface area (Å²) in [4.78, 5) is 36.1. The number of alkyl halides is 3. The van der Waals surface area contributed by atoms with E-state index < -0.39 is 36.6 Å². The normalized spacial score (nSPS) is 19.2. The zero-order valence-corrected chi connectivity index (χ0v) is 23.3. The molecule has 0 spiro atoms. The monoisotopic (exact) mass is 639 g/mol. The fourth-order valence-electron chi connectivity index (χ4n) is 4.49. The van der Waals surface area contributed by atoms with Crippen LogP contribution >= 0.6 is 23.2 Å². The largest absolute Gasteiger partial charge is 0.490 e. The predicted molar refractivity (Wildman–Crippen MR) is 144 cm³/mol. The van der Waals surface area contributed by atoms with Crippen molar-refractivity contribution < 1.29 is 52.0 Å². The number of likely N-dealkylation sites (tertiary alicyclic amines) is 1. The number of carboxylic acids is 2. The number of piperidine rings is 1. The molecule has 230 valence electrons. The third kappa shape index (κ3) is 9.08. The second-order valence-corrected chi connectivity index (χ2v) is 10.4. The summed E-state index contributed by atoms with van der Waals surface area (Å²) in [5.41, 5.74) is 0.929. The van der Waals surface area contributed by atoms with Gasteiger partial charge in [0.2, 0.25) is 0 Å². The summed E-state index contributed by atoms with van der Waals surface area (Å²) >= 11 is 11.8. The van der Waals surface area contributed by atoms with Crippen LogP contribution in [-0.2, 0) is 9.59 Å². The van der Waals surface area contributed by atoms with Crippen LogP contribution in [0.15, 0.2) is 36.4 Å². The molecule has 0 unspecified atom stereocenters. The van der Waals surface area contributed by atoms with Gasteiger partial charge in [-0.2, -0.15) is 13.2 Å². The van der Waals surface area contributed by atoms with E-state index in [-0.39, 0.29) is 35.3 Å². The molecule has 1 amide bonds. The van der Waals surface area contributed by atoms with Gasteiger partial charge in [0.05, 0.1) is 22.9 Å². The first-order valence-corrected chi connectivity index (χ1v) is 13.3. The maximum atomic E-state index is 14.2. The summed E-state index contributed by atoms with van der Waals surface area (Å²) in [6, 6.07) is 9.07. The Bertz CT molecular complexity index is 1280. The fraction of sp³-hybridized carbons (Fsp3) is 0.423. The van der Waals surface area contributed by atoms with E-state index in [1.54, 1.807) is 34.1 Å². The minimum absolute atomic E-state index is 0.0363. The van der Waals surface area contributed by atoms with Crippen LogP contribution in [0.3, 0.4) is 0 Å². The molecule has 2 atom stereocenters. The molecule has 0 aliphatic carbocycles. The highest BCUT2D eigenvalue weighted by Gasteiger charge is 2.38. The highest BCUT2D eigenvalue weighted by Crippen LogP contribution is 2.35. The highest BCUT2D eigenvalue weighted by molar-refractivity contribution is 6.31. The number of carboxylic acid groups (broad SMARTS) is 2. The first-order valence-electron chi connectivity index (χ1n) is 12.5. The quantitative estimate of drug-likeness (QED) is 0.334. The molecule has 0 saturated carbocycles. The minimum atomic E-state index is -5.08. The fourth-order valence-corrected chi connectivity index (χ4v) is 4.77. The molecule has 2 saturated heterocycles. The molecule has 0 aromatic heterocycles. The first kappa shape index (κ1) is 33.2. The van der Waals surface area contributed by atoms with Crippen molar-refractivity contribution in [3.8, 4) is 5.75 Å². The lowest BCUT2D eigenvalue weighted by Crippen LogP contribution is -2.50. The number of aliphatic carboxylic acids is 2. The number of hydrogen-bond acceptors (Lipinski definition) is 7. The van der Waals surface area contributed by atoms with E-state index in [4.69, 9.17) is 42.9 Å². The Balaban J connectivity index is 0.000000616. The van der Waals surface area contributed by atoms with Gasteiger partial charge in [0.15, 0.2) is 6.61 Å². The van der Waals surface area contributed by atoms with Crippen molar-refractivity contribution in [2.45, 2.75) is 37.2 Å². The van der Waals surface area contributed by atoms with Crippen LogP contribution in [0.2, 0.25) is 10.0 Å². The molecule has 2 aromatic carbocycles. The summed E-state index contributed by atoms with van der Waals surface area (Å²) < 4.78 is 51.2. The van der Waals surface area contributed by atoms with Gasteiger partial charge in [-0.1, -0.05) is 23.2 Å². The van der Waals surface area contributed by atoms with Crippen LogP contribution < -0.4 is 15.0 Å². The van der Waals surface area contributed by atoms with Crippen LogP contribution in [0.5, 0.6) is 5.75 Å². The number of carbonyl (C=O) groups excluding carboxylic acids is 1. The molecule has 2 aromatic rings. The van der Waals surface area contributed by atoms with Crippen molar-refractivity contribution in [1.82, 2.24) is 10.2 Å². The summed E-state index contributed by atoms with van der Waals surface area (Å²) in [5, 5.41) is 30.6. The van der Waals surface area contributed by atoms with Gasteiger partial charge >= 0.3 is 18.1 Å². The van der Waals surface area contributed by atoms with E-state index in [0.29, 0.717) is 35.9 Å². The van der Waals surface area contributed by atoms with Crippen LogP contribution in [0, 0.1) is 5.82 Å². The Morgan fingerprint density at radius 2 is 1.62 bits per heavy atom. The van der Waals surface area contributed by atoms with Gasteiger partial charge in [0, 0.05) is 54.9 Å². The summed E-state index contributed by atoms with van der Waals surface area (Å²) in [5.74, 6) is -4.48. The van der Waals surface area contributed by atoms with Crippen LogP contribution in [-0.4, -0.2) is 95.2 Å². The van der Waals surface area contributed by atoms with Gasteiger partial charge in [-0.25, -0.2) is 14.0 Å². The van der Waals surface area contributed by atoms with E-state index in [2.05, 4.69) is 5.32 Å². The van der Waals surface area contributed by atoms with Crippen LogP contribution in [0.25, 0.3) is 0 Å². The third-order valence-corrected chi connectivity index (χ3v) is 7.09. The zero-order valence-electron chi connectivity index (χ0n) is 21.8. The van der Waals surface area contributed by atoms with Crippen LogP contribution in [0.1, 0.15) is 23.2 Å². The average molecular weight is 640 g/mol. The molecule has 2 heterocycles. The maximum Gasteiger partial charge on any atom is 0.490 e. The lowest BCUT2D eigenvalue weighted by molar-refractivity contribution is -0.192. The van der Waals surface area contributed by atoms with E-state index in [9.17, 15) is 32.3 Å². The van der Waals surface area contributed by atoms with Crippen molar-refractivity contribution in [3.05, 3.63) is 57.8 Å². The standard InChI is InChI=1S/C24H26Cl2FN3O5.C2HF3O2/c25-15-3-1-14(2-4-15)24(34)29-7-5-16(6-8-29)28-19-11-30(12-21(19)31)20-10-18(27)17(26)9-22(20)35-13-23(32)33;3-2(4,5)1(6)7/h1-4,9-10,16,19,21,28,31H,5-8,11-13H2,(H,32,33);(H,6,7)/t19-,21-;/m1./s1. The first-order chi connectivity index (χ1) is 19.6. The Morgan fingerprint density at radius 1 is 1.02 bits per heavy atom. The number of benzene rings is 2. The zero-order chi connectivity index (χ0) is 31.2. The Morgan fingerprint density at radius 3 is 2.17 bits per heavy atom. The molecule has 4 rings (SSSR count). The van der Waals surface area contributed by atoms with Crippen molar-refractivity contribution in [1.29, 1.82) is 0 Å². The number of anilines is 1. The van der Waals surface area contributed by atoms with Crippen LogP contribution in [0.4, 0.5) is 23.2 Å². The van der Waals surface area contributed by atoms with Gasteiger partial charge in [-0.3, -0.25) is 4.79 Å². The number of rotatable bonds is 7. The van der Waals surface area contributed by atoms with E-state index in [1.807, 2.05) is 0 Å². The molecule has 42 heavy (non-hydrogen) atoms. The maximum absolute atomic E-state index is 14.2. The summed E-state index contributed by atoms with van der Waals surface area (Å²) in [6.45, 7) is 1.16. The molecule has 10 nitrogen and oxygen atoms in total. The van der Waals surface area contributed by atoms with E-state index in [1.165, 1.54) is 12.1 Å². The van der Waals surface area contributed by atoms with E-state index in [0.717, 1.165) is 12.8 Å². The number of ether oxygens (including phenoxy) is 1.